The highest BCUT2D eigenvalue weighted by Crippen LogP contribution is 2.18. The van der Waals surface area contributed by atoms with Crippen LogP contribution >= 0.6 is 0 Å². The zero-order valence-electron chi connectivity index (χ0n) is 12.7. The van der Waals surface area contributed by atoms with Gasteiger partial charge in [-0.3, -0.25) is 9.69 Å². The van der Waals surface area contributed by atoms with Crippen molar-refractivity contribution in [2.24, 2.45) is 0 Å². The fraction of sp³-hybridized carbons (Fsp3) is 0.857. The average Bonchev–Trinajstić information content (AvgIpc) is 2.96. The van der Waals surface area contributed by atoms with Crippen molar-refractivity contribution in [1.82, 2.24) is 14.7 Å². The smallest absolute Gasteiger partial charge is 0.323 e. The Hall–Kier alpha value is -1.34. The van der Waals surface area contributed by atoms with Crippen molar-refractivity contribution in [2.75, 3.05) is 52.5 Å². The van der Waals surface area contributed by atoms with Crippen LogP contribution in [0.2, 0.25) is 0 Å². The molecule has 2 saturated heterocycles. The summed E-state index contributed by atoms with van der Waals surface area (Å²) in [6.45, 7) is 6.97. The van der Waals surface area contributed by atoms with E-state index < -0.39 is 5.97 Å². The van der Waals surface area contributed by atoms with E-state index in [0.717, 1.165) is 39.1 Å². The normalized spacial score (nSPS) is 23.3. The second-order valence-electron chi connectivity index (χ2n) is 5.63. The Morgan fingerprint density at radius 1 is 1.29 bits per heavy atom. The zero-order chi connectivity index (χ0) is 15.2. The highest BCUT2D eigenvalue weighted by atomic mass is 16.5. The van der Waals surface area contributed by atoms with E-state index >= 15 is 0 Å². The van der Waals surface area contributed by atoms with Crippen LogP contribution in [-0.4, -0.2) is 90.3 Å². The summed E-state index contributed by atoms with van der Waals surface area (Å²) >= 11 is 0. The first-order chi connectivity index (χ1) is 10.1. The minimum absolute atomic E-state index is 0.144. The summed E-state index contributed by atoms with van der Waals surface area (Å²) in [4.78, 5) is 28.9. The first kappa shape index (κ1) is 16.0. The molecule has 2 fully saturated rings. The van der Waals surface area contributed by atoms with Crippen molar-refractivity contribution in [3.63, 3.8) is 0 Å². The van der Waals surface area contributed by atoms with Gasteiger partial charge in [0.25, 0.3) is 0 Å². The van der Waals surface area contributed by atoms with Crippen LogP contribution in [0.4, 0.5) is 4.79 Å². The maximum absolute atomic E-state index is 12.4. The molecule has 0 aliphatic carbocycles. The second-order valence-corrected chi connectivity index (χ2v) is 5.63. The number of hydrogen-bond acceptors (Lipinski definition) is 4. The van der Waals surface area contributed by atoms with Crippen molar-refractivity contribution in [1.29, 1.82) is 0 Å². The fourth-order valence-electron chi connectivity index (χ4n) is 3.03. The monoisotopic (exact) mass is 299 g/mol. The van der Waals surface area contributed by atoms with E-state index in [4.69, 9.17) is 9.84 Å². The van der Waals surface area contributed by atoms with E-state index in [1.54, 1.807) is 4.90 Å². The number of amides is 2. The summed E-state index contributed by atoms with van der Waals surface area (Å²) in [5.74, 6) is -0.958. The van der Waals surface area contributed by atoms with E-state index in [9.17, 15) is 9.59 Å². The third-order valence-electron chi connectivity index (χ3n) is 4.09. The number of aliphatic carboxylic acids is 1. The number of nitrogens with zero attached hydrogens (tertiary/aromatic N) is 3. The Labute approximate surface area is 125 Å². The minimum Gasteiger partial charge on any atom is -0.480 e. The zero-order valence-corrected chi connectivity index (χ0v) is 12.7. The van der Waals surface area contributed by atoms with Crippen molar-refractivity contribution in [3.8, 4) is 0 Å². The number of carbonyl (C=O) groups is 2. The topological polar surface area (TPSA) is 73.3 Å². The lowest BCUT2D eigenvalue weighted by Crippen LogP contribution is -2.48. The van der Waals surface area contributed by atoms with Crippen LogP contribution in [0.1, 0.15) is 19.8 Å². The first-order valence-electron chi connectivity index (χ1n) is 7.69. The fourth-order valence-corrected chi connectivity index (χ4v) is 3.03. The number of carboxylic acid groups (broad SMARTS) is 1. The van der Waals surface area contributed by atoms with Crippen molar-refractivity contribution < 1.29 is 19.4 Å². The van der Waals surface area contributed by atoms with Gasteiger partial charge in [0.1, 0.15) is 6.54 Å². The van der Waals surface area contributed by atoms with Crippen LogP contribution < -0.4 is 0 Å². The quantitative estimate of drug-likeness (QED) is 0.791. The molecule has 1 atom stereocenters. The molecular formula is C14H25N3O4. The number of urea groups is 1. The van der Waals surface area contributed by atoms with Gasteiger partial charge in [0, 0.05) is 38.8 Å². The average molecular weight is 299 g/mol. The summed E-state index contributed by atoms with van der Waals surface area (Å²) in [6, 6.07) is 0.237. The van der Waals surface area contributed by atoms with Crippen LogP contribution in [0.5, 0.6) is 0 Å². The van der Waals surface area contributed by atoms with Gasteiger partial charge in [0.05, 0.1) is 13.2 Å². The van der Waals surface area contributed by atoms with Crippen LogP contribution in [0.25, 0.3) is 0 Å². The molecule has 1 N–H and O–H groups in total. The molecule has 0 bridgehead atoms. The molecular weight excluding hydrogens is 274 g/mol. The number of ether oxygens (including phenoxy) is 1. The van der Waals surface area contributed by atoms with Gasteiger partial charge in [-0.1, -0.05) is 6.92 Å². The largest absolute Gasteiger partial charge is 0.480 e. The predicted molar refractivity (Wildman–Crippen MR) is 77.3 cm³/mol. The molecule has 7 heteroatoms. The highest BCUT2D eigenvalue weighted by molar-refractivity contribution is 5.80. The second kappa shape index (κ2) is 7.61. The molecule has 0 saturated carbocycles. The van der Waals surface area contributed by atoms with Crippen LogP contribution in [0.3, 0.4) is 0 Å². The summed E-state index contributed by atoms with van der Waals surface area (Å²) < 4.78 is 5.35. The van der Waals surface area contributed by atoms with Gasteiger partial charge in [-0.05, 0) is 12.8 Å². The maximum Gasteiger partial charge on any atom is 0.323 e. The van der Waals surface area contributed by atoms with Crippen molar-refractivity contribution in [3.05, 3.63) is 0 Å². The van der Waals surface area contributed by atoms with Gasteiger partial charge >= 0.3 is 12.0 Å². The number of rotatable bonds is 5. The number of likely N-dealkylation sites (tertiary alicyclic amines) is 1. The van der Waals surface area contributed by atoms with Crippen LogP contribution in [-0.2, 0) is 9.53 Å². The summed E-state index contributed by atoms with van der Waals surface area (Å²) in [6.07, 6.45) is 1.72. The third kappa shape index (κ3) is 4.31. The Balaban J connectivity index is 1.88. The first-order valence-corrected chi connectivity index (χ1v) is 7.69. The number of morpholine rings is 1. The Morgan fingerprint density at radius 3 is 2.62 bits per heavy atom. The van der Waals surface area contributed by atoms with E-state index in [0.29, 0.717) is 25.7 Å². The molecule has 2 aliphatic rings. The molecule has 0 spiro atoms. The van der Waals surface area contributed by atoms with Gasteiger partial charge in [0.15, 0.2) is 0 Å². The molecule has 2 rings (SSSR count). The van der Waals surface area contributed by atoms with Gasteiger partial charge in [-0.25, -0.2) is 4.79 Å². The molecule has 0 aromatic heterocycles. The SMILES string of the molecule is CCCN(CC(=O)O)C(=O)N1CCC(N2CCOCC2)C1. The van der Waals surface area contributed by atoms with Gasteiger partial charge in [-0.15, -0.1) is 0 Å². The third-order valence-corrected chi connectivity index (χ3v) is 4.09. The van der Waals surface area contributed by atoms with Gasteiger partial charge in [0.2, 0.25) is 0 Å². The van der Waals surface area contributed by atoms with Gasteiger partial charge < -0.3 is 19.6 Å². The highest BCUT2D eigenvalue weighted by Gasteiger charge is 2.33. The number of hydrogen-bond donors (Lipinski definition) is 1. The van der Waals surface area contributed by atoms with E-state index in [1.807, 2.05) is 6.92 Å². The van der Waals surface area contributed by atoms with E-state index in [-0.39, 0.29) is 12.6 Å². The van der Waals surface area contributed by atoms with Crippen molar-refractivity contribution >= 4 is 12.0 Å². The Morgan fingerprint density at radius 2 is 2.00 bits per heavy atom. The molecule has 2 heterocycles. The number of carboxylic acids is 1. The Kier molecular flexibility index (Phi) is 5.81. The van der Waals surface area contributed by atoms with E-state index in [2.05, 4.69) is 4.90 Å². The van der Waals surface area contributed by atoms with Crippen LogP contribution in [0.15, 0.2) is 0 Å². The summed E-state index contributed by atoms with van der Waals surface area (Å²) in [5.41, 5.74) is 0. The molecule has 120 valence electrons. The molecule has 0 aromatic rings. The molecule has 2 aliphatic heterocycles. The molecule has 2 amide bonds. The number of carbonyl (C=O) groups excluding carboxylic acids is 1. The summed E-state index contributed by atoms with van der Waals surface area (Å²) in [5, 5.41) is 8.92. The lowest BCUT2D eigenvalue weighted by molar-refractivity contribution is -0.137. The molecule has 0 aromatic carbocycles. The molecule has 1 unspecified atom stereocenters. The van der Waals surface area contributed by atoms with Crippen LogP contribution in [0, 0.1) is 0 Å². The Bertz CT molecular complexity index is 371. The lowest BCUT2D eigenvalue weighted by Gasteiger charge is -2.32. The van der Waals surface area contributed by atoms with Gasteiger partial charge in [-0.2, -0.15) is 0 Å². The van der Waals surface area contributed by atoms with Crippen molar-refractivity contribution in [2.45, 2.75) is 25.8 Å². The standard InChI is InChI=1S/C14H25N3O4/c1-2-4-16(11-13(18)19)14(20)17-5-3-12(10-17)15-6-8-21-9-7-15/h12H,2-11H2,1H3,(H,18,19). The molecule has 7 nitrogen and oxygen atoms in total. The molecule has 21 heavy (non-hydrogen) atoms. The minimum atomic E-state index is -0.958. The van der Waals surface area contributed by atoms with E-state index in [1.165, 1.54) is 4.90 Å². The maximum atomic E-state index is 12.4. The lowest BCUT2D eigenvalue weighted by atomic mass is 10.2. The molecule has 0 radical (unpaired) electrons. The summed E-state index contributed by atoms with van der Waals surface area (Å²) in [7, 11) is 0. The predicted octanol–water partition coefficient (Wildman–Crippen LogP) is 0.310.